The molecule has 0 atom stereocenters. The van der Waals surface area contributed by atoms with Gasteiger partial charge in [-0.25, -0.2) is 0 Å². The van der Waals surface area contributed by atoms with Gasteiger partial charge in [-0.05, 0) is 25.7 Å². The number of rotatable bonds is 2. The minimum atomic E-state index is -4.88. The maximum absolute atomic E-state index is 14.8. The highest BCUT2D eigenvalue weighted by Crippen LogP contribution is 2.83. The van der Waals surface area contributed by atoms with Gasteiger partial charge in [-0.1, -0.05) is 0 Å². The Kier molecular flexibility index (Phi) is 2.19. The minimum absolute atomic E-state index is 0.166. The van der Waals surface area contributed by atoms with Crippen LogP contribution < -0.4 is 0 Å². The Labute approximate surface area is 120 Å². The molecule has 0 aromatic carbocycles. The molecule has 2 fully saturated rings. The molecule has 0 bridgehead atoms. The second-order valence-corrected chi connectivity index (χ2v) is 6.36. The zero-order chi connectivity index (χ0) is 16.1. The molecule has 1 heterocycles. The highest BCUT2D eigenvalue weighted by molar-refractivity contribution is 5.67. The van der Waals surface area contributed by atoms with Crippen LogP contribution in [0, 0.1) is 5.41 Å². The Bertz CT molecular complexity index is 698. The maximum atomic E-state index is 14.8. The maximum Gasteiger partial charge on any atom is 0.435 e. The van der Waals surface area contributed by atoms with Gasteiger partial charge in [0.1, 0.15) is 12.2 Å². The lowest BCUT2D eigenvalue weighted by Crippen LogP contribution is -2.32. The first kappa shape index (κ1) is 14.0. The third kappa shape index (κ3) is 1.33. The van der Waals surface area contributed by atoms with Gasteiger partial charge in [0.05, 0.1) is 0 Å². The summed E-state index contributed by atoms with van der Waals surface area (Å²) in [6, 6.07) is 0. The molecule has 1 aromatic rings. The Morgan fingerprint density at radius 1 is 1.23 bits per heavy atom. The standard InChI is InChI=1S/C13H11F5N2O2/c14-12(15)9-7(10(1-2-10)11(12)3-4-11)8(13(16,17)18)19-20(9)5-6(21)22/h1-5H2,(H,21,22). The molecule has 9 heteroatoms. The van der Waals surface area contributed by atoms with Gasteiger partial charge in [0.2, 0.25) is 0 Å². The van der Waals surface area contributed by atoms with Crippen LogP contribution in [0.4, 0.5) is 22.0 Å². The highest BCUT2D eigenvalue weighted by atomic mass is 19.4. The van der Waals surface area contributed by atoms with Crippen LogP contribution in [0.15, 0.2) is 0 Å². The van der Waals surface area contributed by atoms with Crippen LogP contribution in [0.5, 0.6) is 0 Å². The van der Waals surface area contributed by atoms with Gasteiger partial charge in [0.25, 0.3) is 5.92 Å². The van der Waals surface area contributed by atoms with E-state index in [1.54, 1.807) is 0 Å². The molecule has 2 saturated carbocycles. The summed E-state index contributed by atoms with van der Waals surface area (Å²) >= 11 is 0. The van der Waals surface area contributed by atoms with Crippen LogP contribution in [0.1, 0.15) is 42.6 Å². The number of carbonyl (C=O) groups is 1. The number of carboxylic acids is 1. The van der Waals surface area contributed by atoms with Gasteiger partial charge >= 0.3 is 12.1 Å². The van der Waals surface area contributed by atoms with Gasteiger partial charge in [0.15, 0.2) is 5.69 Å². The van der Waals surface area contributed by atoms with Crippen LogP contribution in [0.3, 0.4) is 0 Å². The van der Waals surface area contributed by atoms with E-state index in [-0.39, 0.29) is 25.7 Å². The molecule has 1 aromatic heterocycles. The number of fused-ring (bicyclic) bond motifs is 3. The normalized spacial score (nSPS) is 25.5. The van der Waals surface area contributed by atoms with Crippen molar-refractivity contribution >= 4 is 5.97 Å². The van der Waals surface area contributed by atoms with Crippen molar-refractivity contribution < 1.29 is 31.9 Å². The second kappa shape index (κ2) is 3.46. The number of alkyl halides is 5. The summed E-state index contributed by atoms with van der Waals surface area (Å²) in [7, 11) is 0. The first-order valence-electron chi connectivity index (χ1n) is 6.85. The van der Waals surface area contributed by atoms with E-state index < -0.39 is 52.4 Å². The Hall–Kier alpha value is -1.67. The van der Waals surface area contributed by atoms with Crippen molar-refractivity contribution in [3.8, 4) is 0 Å². The number of aliphatic carboxylic acids is 1. The van der Waals surface area contributed by atoms with Gasteiger partial charge in [-0.2, -0.15) is 27.1 Å². The van der Waals surface area contributed by atoms with Crippen molar-refractivity contribution in [2.75, 3.05) is 0 Å². The molecule has 3 aliphatic carbocycles. The van der Waals surface area contributed by atoms with Crippen molar-refractivity contribution in [1.29, 1.82) is 0 Å². The molecular weight excluding hydrogens is 311 g/mol. The highest BCUT2D eigenvalue weighted by Gasteiger charge is 2.84. The van der Waals surface area contributed by atoms with Crippen molar-refractivity contribution in [2.24, 2.45) is 5.41 Å². The quantitative estimate of drug-likeness (QED) is 0.852. The lowest BCUT2D eigenvalue weighted by Gasteiger charge is -2.25. The van der Waals surface area contributed by atoms with E-state index in [1.807, 2.05) is 0 Å². The zero-order valence-electron chi connectivity index (χ0n) is 11.2. The predicted molar refractivity (Wildman–Crippen MR) is 61.3 cm³/mol. The number of nitrogens with zero attached hydrogens (tertiary/aromatic N) is 2. The number of hydrogen-bond donors (Lipinski definition) is 1. The molecule has 0 radical (unpaired) electrons. The van der Waals surface area contributed by atoms with Gasteiger partial charge in [-0.15, -0.1) is 0 Å². The molecule has 2 spiro atoms. The van der Waals surface area contributed by atoms with E-state index in [0.717, 1.165) is 0 Å². The topological polar surface area (TPSA) is 55.1 Å². The first-order valence-corrected chi connectivity index (χ1v) is 6.85. The fourth-order valence-corrected chi connectivity index (χ4v) is 4.21. The van der Waals surface area contributed by atoms with Crippen LogP contribution in [-0.2, 0) is 28.9 Å². The van der Waals surface area contributed by atoms with Crippen LogP contribution >= 0.6 is 0 Å². The van der Waals surface area contributed by atoms with E-state index in [0.29, 0.717) is 4.68 Å². The lowest BCUT2D eigenvalue weighted by molar-refractivity contribution is -0.145. The number of halogens is 5. The van der Waals surface area contributed by atoms with Crippen LogP contribution in [-0.4, -0.2) is 20.9 Å². The summed E-state index contributed by atoms with van der Waals surface area (Å²) < 4.78 is 69.6. The van der Waals surface area contributed by atoms with E-state index in [2.05, 4.69) is 5.10 Å². The molecule has 120 valence electrons. The zero-order valence-corrected chi connectivity index (χ0v) is 11.2. The molecule has 0 aliphatic heterocycles. The molecule has 0 amide bonds. The largest absolute Gasteiger partial charge is 0.480 e. The molecule has 4 rings (SSSR count). The summed E-state index contributed by atoms with van der Waals surface area (Å²) in [6.45, 7) is -1.000. The van der Waals surface area contributed by atoms with E-state index in [9.17, 15) is 26.7 Å². The van der Waals surface area contributed by atoms with E-state index >= 15 is 0 Å². The fraction of sp³-hybridized carbons (Fsp3) is 0.692. The number of carboxylic acid groups (broad SMARTS) is 1. The molecule has 4 nitrogen and oxygen atoms in total. The van der Waals surface area contributed by atoms with Crippen molar-refractivity contribution in [3.63, 3.8) is 0 Å². The van der Waals surface area contributed by atoms with Crippen molar-refractivity contribution in [1.82, 2.24) is 9.78 Å². The summed E-state index contributed by atoms with van der Waals surface area (Å²) in [6.07, 6.45) is -3.99. The molecule has 3 aliphatic rings. The second-order valence-electron chi connectivity index (χ2n) is 6.36. The van der Waals surface area contributed by atoms with Crippen molar-refractivity contribution in [2.45, 2.75) is 49.7 Å². The summed E-state index contributed by atoms with van der Waals surface area (Å²) in [5, 5.41) is 12.0. The minimum Gasteiger partial charge on any atom is -0.480 e. The average molecular weight is 322 g/mol. The third-order valence-electron chi connectivity index (χ3n) is 5.30. The molecule has 22 heavy (non-hydrogen) atoms. The number of aromatic nitrogens is 2. The van der Waals surface area contributed by atoms with Crippen molar-refractivity contribution in [3.05, 3.63) is 17.0 Å². The molecular formula is C13H11F5N2O2. The van der Waals surface area contributed by atoms with Crippen LogP contribution in [0.25, 0.3) is 0 Å². The Morgan fingerprint density at radius 3 is 2.23 bits per heavy atom. The van der Waals surface area contributed by atoms with Gasteiger partial charge < -0.3 is 5.11 Å². The van der Waals surface area contributed by atoms with Gasteiger partial charge in [0, 0.05) is 16.4 Å². The molecule has 1 N–H and O–H groups in total. The summed E-state index contributed by atoms with van der Waals surface area (Å²) in [4.78, 5) is 10.8. The van der Waals surface area contributed by atoms with Crippen LogP contribution in [0.2, 0.25) is 0 Å². The molecule has 0 unspecified atom stereocenters. The lowest BCUT2D eigenvalue weighted by atomic mass is 9.84. The van der Waals surface area contributed by atoms with E-state index in [4.69, 9.17) is 5.11 Å². The van der Waals surface area contributed by atoms with Gasteiger partial charge in [-0.3, -0.25) is 9.48 Å². The van der Waals surface area contributed by atoms with E-state index in [1.165, 1.54) is 0 Å². The first-order chi connectivity index (χ1) is 10.1. The third-order valence-corrected chi connectivity index (χ3v) is 5.30. The fourth-order valence-electron chi connectivity index (χ4n) is 4.21. The SMILES string of the molecule is O=C(O)Cn1nc(C(F)(F)F)c2c1C(F)(F)C1(CC1)C21CC1. The average Bonchev–Trinajstić information content (AvgIpc) is 3.22. The monoisotopic (exact) mass is 322 g/mol. The predicted octanol–water partition coefficient (Wildman–Crippen LogP) is 2.90. The Balaban J connectivity index is 2.00. The summed E-state index contributed by atoms with van der Waals surface area (Å²) in [5.41, 5.74) is -5.27. The Morgan fingerprint density at radius 2 is 1.82 bits per heavy atom. The number of hydrogen-bond acceptors (Lipinski definition) is 2. The molecule has 0 saturated heterocycles. The smallest absolute Gasteiger partial charge is 0.435 e. The summed E-state index contributed by atoms with van der Waals surface area (Å²) in [5.74, 6) is -4.97.